The van der Waals surface area contributed by atoms with Gasteiger partial charge in [-0.15, -0.1) is 0 Å². The van der Waals surface area contributed by atoms with Crippen molar-refractivity contribution in [3.63, 3.8) is 0 Å². The van der Waals surface area contributed by atoms with Crippen molar-refractivity contribution in [2.75, 3.05) is 0 Å². The van der Waals surface area contributed by atoms with Crippen molar-refractivity contribution in [3.05, 3.63) is 42.0 Å². The van der Waals surface area contributed by atoms with Crippen molar-refractivity contribution in [2.45, 2.75) is 0 Å². The molecule has 0 radical (unpaired) electrons. The van der Waals surface area contributed by atoms with Crippen molar-refractivity contribution < 1.29 is 15.0 Å². The Labute approximate surface area is 97.0 Å². The zero-order valence-corrected chi connectivity index (χ0v) is 8.79. The first kappa shape index (κ1) is 10.9. The number of nitrogens with zero attached hydrogens (tertiary/aromatic N) is 1. The number of nitrogens with one attached hydrogen (secondary N) is 1. The summed E-state index contributed by atoms with van der Waals surface area (Å²) in [4.78, 5) is 10.3. The lowest BCUT2D eigenvalue weighted by Crippen LogP contribution is -2.13. The fourth-order valence-electron chi connectivity index (χ4n) is 1.57. The molecule has 86 valence electrons. The SMILES string of the molecule is O=C(O)NN=Cc1c(O)ccc2ccccc12. The number of carboxylic acid groups (broad SMARTS) is 1. The van der Waals surface area contributed by atoms with Crippen molar-refractivity contribution in [2.24, 2.45) is 5.10 Å². The summed E-state index contributed by atoms with van der Waals surface area (Å²) in [5.74, 6) is 0.0552. The highest BCUT2D eigenvalue weighted by molar-refractivity contribution is 6.02. The van der Waals surface area contributed by atoms with Crippen LogP contribution in [-0.2, 0) is 0 Å². The summed E-state index contributed by atoms with van der Waals surface area (Å²) >= 11 is 0. The molecule has 0 aromatic heterocycles. The maximum Gasteiger partial charge on any atom is 0.425 e. The Morgan fingerprint density at radius 3 is 2.76 bits per heavy atom. The van der Waals surface area contributed by atoms with E-state index in [4.69, 9.17) is 5.11 Å². The number of rotatable bonds is 2. The first-order valence-corrected chi connectivity index (χ1v) is 4.91. The van der Waals surface area contributed by atoms with Gasteiger partial charge in [0.2, 0.25) is 0 Å². The summed E-state index contributed by atoms with van der Waals surface area (Å²) < 4.78 is 0. The number of phenolic OH excluding ortho intramolecular Hbond substituents is 1. The van der Waals surface area contributed by atoms with E-state index in [0.29, 0.717) is 5.56 Å². The van der Waals surface area contributed by atoms with Crippen molar-refractivity contribution >= 4 is 23.1 Å². The molecule has 2 rings (SSSR count). The molecule has 0 atom stereocenters. The second-order valence-electron chi connectivity index (χ2n) is 3.39. The van der Waals surface area contributed by atoms with E-state index in [1.54, 1.807) is 12.1 Å². The highest BCUT2D eigenvalue weighted by Crippen LogP contribution is 2.25. The molecule has 5 heteroatoms. The minimum atomic E-state index is -1.25. The van der Waals surface area contributed by atoms with Crippen LogP contribution in [0.25, 0.3) is 10.8 Å². The Balaban J connectivity index is 2.47. The van der Waals surface area contributed by atoms with E-state index >= 15 is 0 Å². The highest BCUT2D eigenvalue weighted by atomic mass is 16.4. The first-order valence-electron chi connectivity index (χ1n) is 4.91. The second kappa shape index (κ2) is 4.52. The number of benzene rings is 2. The maximum atomic E-state index is 10.3. The van der Waals surface area contributed by atoms with Crippen molar-refractivity contribution in [3.8, 4) is 5.75 Å². The van der Waals surface area contributed by atoms with Gasteiger partial charge in [0.25, 0.3) is 0 Å². The number of hydrogen-bond acceptors (Lipinski definition) is 3. The molecular weight excluding hydrogens is 220 g/mol. The molecule has 0 aliphatic rings. The predicted molar refractivity (Wildman–Crippen MR) is 64.4 cm³/mol. The van der Waals surface area contributed by atoms with Gasteiger partial charge < -0.3 is 10.2 Å². The predicted octanol–water partition coefficient (Wildman–Crippen LogP) is 2.15. The lowest BCUT2D eigenvalue weighted by Gasteiger charge is -2.04. The molecule has 1 amide bonds. The summed E-state index contributed by atoms with van der Waals surface area (Å²) in [5.41, 5.74) is 2.34. The standard InChI is InChI=1S/C12H10N2O3/c15-11-6-5-8-3-1-2-4-9(8)10(11)7-13-14-12(16)17/h1-7,14-15H,(H,16,17). The van der Waals surface area contributed by atoms with Gasteiger partial charge in [-0.3, -0.25) is 0 Å². The minimum absolute atomic E-state index is 0.0552. The third-order valence-electron chi connectivity index (χ3n) is 2.30. The van der Waals surface area contributed by atoms with E-state index in [1.165, 1.54) is 6.21 Å². The average Bonchev–Trinajstić information content (AvgIpc) is 2.32. The van der Waals surface area contributed by atoms with Gasteiger partial charge in [-0.2, -0.15) is 5.10 Å². The monoisotopic (exact) mass is 230 g/mol. The van der Waals surface area contributed by atoms with Crippen LogP contribution in [0.5, 0.6) is 5.75 Å². The molecule has 0 spiro atoms. The Morgan fingerprint density at radius 1 is 1.24 bits per heavy atom. The summed E-state index contributed by atoms with van der Waals surface area (Å²) in [7, 11) is 0. The van der Waals surface area contributed by atoms with E-state index in [0.717, 1.165) is 10.8 Å². The van der Waals surface area contributed by atoms with E-state index in [2.05, 4.69) is 5.10 Å². The summed E-state index contributed by atoms with van der Waals surface area (Å²) in [6.45, 7) is 0. The van der Waals surface area contributed by atoms with Gasteiger partial charge >= 0.3 is 6.09 Å². The van der Waals surface area contributed by atoms with E-state index in [1.807, 2.05) is 29.7 Å². The molecule has 2 aromatic rings. The zero-order chi connectivity index (χ0) is 12.3. The highest BCUT2D eigenvalue weighted by Gasteiger charge is 2.04. The third-order valence-corrected chi connectivity index (χ3v) is 2.30. The Kier molecular flexibility index (Phi) is 2.91. The topological polar surface area (TPSA) is 81.9 Å². The molecule has 0 fully saturated rings. The molecular formula is C12H10N2O3. The van der Waals surface area contributed by atoms with Gasteiger partial charge in [0.05, 0.1) is 6.21 Å². The van der Waals surface area contributed by atoms with Crippen LogP contribution in [0.2, 0.25) is 0 Å². The molecule has 0 heterocycles. The van der Waals surface area contributed by atoms with Crippen LogP contribution < -0.4 is 5.43 Å². The van der Waals surface area contributed by atoms with Crippen molar-refractivity contribution in [1.29, 1.82) is 0 Å². The van der Waals surface area contributed by atoms with Gasteiger partial charge in [-0.05, 0) is 16.8 Å². The maximum absolute atomic E-state index is 10.3. The minimum Gasteiger partial charge on any atom is -0.507 e. The molecule has 0 saturated heterocycles. The van der Waals surface area contributed by atoms with E-state index in [-0.39, 0.29) is 5.75 Å². The Morgan fingerprint density at radius 2 is 2.00 bits per heavy atom. The van der Waals surface area contributed by atoms with Gasteiger partial charge in [-0.25, -0.2) is 10.2 Å². The van der Waals surface area contributed by atoms with Crippen molar-refractivity contribution in [1.82, 2.24) is 5.43 Å². The van der Waals surface area contributed by atoms with Crippen LogP contribution in [0.15, 0.2) is 41.5 Å². The quantitative estimate of drug-likeness (QED) is 0.546. The van der Waals surface area contributed by atoms with Gasteiger partial charge in [0.15, 0.2) is 0 Å². The Hall–Kier alpha value is -2.56. The van der Waals surface area contributed by atoms with Crippen LogP contribution in [0.3, 0.4) is 0 Å². The van der Waals surface area contributed by atoms with Gasteiger partial charge in [0.1, 0.15) is 5.75 Å². The van der Waals surface area contributed by atoms with Crippen LogP contribution in [0, 0.1) is 0 Å². The number of hydrazone groups is 1. The van der Waals surface area contributed by atoms with Crippen LogP contribution >= 0.6 is 0 Å². The third kappa shape index (κ3) is 2.34. The Bertz CT molecular complexity index is 593. The van der Waals surface area contributed by atoms with Crippen LogP contribution in [0.4, 0.5) is 4.79 Å². The van der Waals surface area contributed by atoms with E-state index < -0.39 is 6.09 Å². The second-order valence-corrected chi connectivity index (χ2v) is 3.39. The fourth-order valence-corrected chi connectivity index (χ4v) is 1.57. The fraction of sp³-hybridized carbons (Fsp3) is 0. The average molecular weight is 230 g/mol. The molecule has 0 aliphatic heterocycles. The van der Waals surface area contributed by atoms with Gasteiger partial charge in [0, 0.05) is 5.56 Å². The lowest BCUT2D eigenvalue weighted by atomic mass is 10.0. The number of aromatic hydroxyl groups is 1. The largest absolute Gasteiger partial charge is 0.507 e. The summed E-state index contributed by atoms with van der Waals surface area (Å²) in [5, 5.41) is 23.4. The first-order chi connectivity index (χ1) is 8.18. The van der Waals surface area contributed by atoms with Crippen LogP contribution in [-0.4, -0.2) is 22.5 Å². The molecule has 0 unspecified atom stereocenters. The smallest absolute Gasteiger partial charge is 0.425 e. The van der Waals surface area contributed by atoms with Gasteiger partial charge in [-0.1, -0.05) is 30.3 Å². The number of amides is 1. The summed E-state index contributed by atoms with van der Waals surface area (Å²) in [6.07, 6.45) is 0.0344. The van der Waals surface area contributed by atoms with E-state index in [9.17, 15) is 9.90 Å². The number of phenols is 1. The number of carbonyl (C=O) groups is 1. The molecule has 0 bridgehead atoms. The molecule has 5 nitrogen and oxygen atoms in total. The molecule has 2 aromatic carbocycles. The molecule has 17 heavy (non-hydrogen) atoms. The molecule has 0 saturated carbocycles. The number of fused-ring (bicyclic) bond motifs is 1. The zero-order valence-electron chi connectivity index (χ0n) is 8.79. The molecule has 0 aliphatic carbocycles. The molecule has 3 N–H and O–H groups in total. The number of hydrogen-bond donors (Lipinski definition) is 3. The lowest BCUT2D eigenvalue weighted by molar-refractivity contribution is 0.195. The normalized spacial score (nSPS) is 10.8. The van der Waals surface area contributed by atoms with Crippen LogP contribution in [0.1, 0.15) is 5.56 Å². The summed E-state index contributed by atoms with van der Waals surface area (Å²) in [6, 6.07) is 10.8.